The van der Waals surface area contributed by atoms with E-state index in [9.17, 15) is 0 Å². The van der Waals surface area contributed by atoms with E-state index in [0.717, 1.165) is 18.6 Å². The van der Waals surface area contributed by atoms with E-state index in [1.54, 1.807) is 0 Å². The Labute approximate surface area is 121 Å². The number of aryl methyl sites for hydroxylation is 2. The Hall–Kier alpha value is -2.02. The monoisotopic (exact) mass is 266 g/mol. The van der Waals surface area contributed by atoms with Crippen LogP contribution in [0.15, 0.2) is 66.2 Å². The Bertz CT molecular complexity index is 551. The topological polar surface area (TPSA) is 9.23 Å². The largest absolute Gasteiger partial charge is 0.490 e. The Morgan fingerprint density at radius 2 is 1.60 bits per heavy atom. The molecule has 0 N–H and O–H groups in total. The fraction of sp³-hybridized carbons (Fsp3) is 0.263. The third-order valence-electron chi connectivity index (χ3n) is 3.19. The van der Waals surface area contributed by atoms with Crippen LogP contribution in [-0.4, -0.2) is 6.61 Å². The van der Waals surface area contributed by atoms with Gasteiger partial charge in [0.2, 0.25) is 0 Å². The zero-order valence-electron chi connectivity index (χ0n) is 12.3. The van der Waals surface area contributed by atoms with Crippen LogP contribution >= 0.6 is 0 Å². The van der Waals surface area contributed by atoms with Crippen molar-refractivity contribution >= 4 is 0 Å². The van der Waals surface area contributed by atoms with Gasteiger partial charge in [0.25, 0.3) is 0 Å². The smallest absolute Gasteiger partial charge is 0.120 e. The molecule has 104 valence electrons. The maximum atomic E-state index is 5.73. The second kappa shape index (κ2) is 7.54. The predicted octanol–water partition coefficient (Wildman–Crippen LogP) is 4.82. The van der Waals surface area contributed by atoms with Gasteiger partial charge in [-0.25, -0.2) is 0 Å². The van der Waals surface area contributed by atoms with Gasteiger partial charge in [-0.3, -0.25) is 0 Å². The van der Waals surface area contributed by atoms with Gasteiger partial charge in [-0.15, -0.1) is 0 Å². The minimum Gasteiger partial charge on any atom is -0.490 e. The summed E-state index contributed by atoms with van der Waals surface area (Å²) < 4.78 is 5.73. The Morgan fingerprint density at radius 1 is 0.900 bits per heavy atom. The standard InChI is InChI=1S/C19H22O/c1-16(2)13-14-20-19-10-6-9-18(15-19)12-11-17-7-4-3-5-8-17/h3-10,13,15H,11-12,14H2,1-2H3. The molecule has 0 aliphatic rings. The number of hydrogen-bond donors (Lipinski definition) is 0. The summed E-state index contributed by atoms with van der Waals surface area (Å²) in [6.45, 7) is 4.81. The van der Waals surface area contributed by atoms with Crippen LogP contribution in [0.25, 0.3) is 0 Å². The number of rotatable bonds is 6. The molecule has 0 aromatic heterocycles. The molecule has 0 atom stereocenters. The van der Waals surface area contributed by atoms with E-state index < -0.39 is 0 Å². The van der Waals surface area contributed by atoms with Crippen molar-refractivity contribution in [2.24, 2.45) is 0 Å². The molecular formula is C19H22O. The number of ether oxygens (including phenoxy) is 1. The average Bonchev–Trinajstić information content (AvgIpc) is 2.46. The Kier molecular flexibility index (Phi) is 5.43. The molecule has 1 nitrogen and oxygen atoms in total. The van der Waals surface area contributed by atoms with Crippen molar-refractivity contribution < 1.29 is 4.74 Å². The van der Waals surface area contributed by atoms with Crippen LogP contribution in [0.2, 0.25) is 0 Å². The zero-order valence-corrected chi connectivity index (χ0v) is 12.3. The third kappa shape index (κ3) is 4.93. The van der Waals surface area contributed by atoms with E-state index in [2.05, 4.69) is 68.5 Å². The van der Waals surface area contributed by atoms with Gasteiger partial charge >= 0.3 is 0 Å². The molecule has 0 bridgehead atoms. The fourth-order valence-corrected chi connectivity index (χ4v) is 2.03. The number of benzene rings is 2. The van der Waals surface area contributed by atoms with Crippen molar-refractivity contribution in [3.63, 3.8) is 0 Å². The Balaban J connectivity index is 1.91. The quantitative estimate of drug-likeness (QED) is 0.681. The summed E-state index contributed by atoms with van der Waals surface area (Å²) in [5, 5.41) is 0. The van der Waals surface area contributed by atoms with Crippen LogP contribution in [0.3, 0.4) is 0 Å². The van der Waals surface area contributed by atoms with Crippen molar-refractivity contribution in [2.75, 3.05) is 6.61 Å². The van der Waals surface area contributed by atoms with Crippen molar-refractivity contribution in [3.05, 3.63) is 77.4 Å². The first kappa shape index (κ1) is 14.4. The summed E-state index contributed by atoms with van der Waals surface area (Å²) in [7, 11) is 0. The van der Waals surface area contributed by atoms with Gasteiger partial charge in [0.05, 0.1) is 0 Å². The highest BCUT2D eigenvalue weighted by atomic mass is 16.5. The zero-order chi connectivity index (χ0) is 14.2. The van der Waals surface area contributed by atoms with Crippen molar-refractivity contribution in [3.8, 4) is 5.75 Å². The molecule has 0 saturated heterocycles. The molecule has 0 heterocycles. The minimum atomic E-state index is 0.643. The maximum Gasteiger partial charge on any atom is 0.120 e. The summed E-state index contributed by atoms with van der Waals surface area (Å²) in [6.07, 6.45) is 4.21. The van der Waals surface area contributed by atoms with Crippen LogP contribution in [0, 0.1) is 0 Å². The summed E-state index contributed by atoms with van der Waals surface area (Å²) >= 11 is 0. The number of allylic oxidation sites excluding steroid dienone is 1. The highest BCUT2D eigenvalue weighted by Crippen LogP contribution is 2.15. The molecule has 20 heavy (non-hydrogen) atoms. The lowest BCUT2D eigenvalue weighted by Crippen LogP contribution is -1.96. The van der Waals surface area contributed by atoms with Gasteiger partial charge in [-0.2, -0.15) is 0 Å². The second-order valence-corrected chi connectivity index (χ2v) is 5.23. The molecular weight excluding hydrogens is 244 g/mol. The molecule has 0 aliphatic carbocycles. The molecule has 0 amide bonds. The molecule has 2 rings (SSSR count). The summed E-state index contributed by atoms with van der Waals surface area (Å²) in [4.78, 5) is 0. The predicted molar refractivity (Wildman–Crippen MR) is 85.2 cm³/mol. The van der Waals surface area contributed by atoms with Gasteiger partial charge in [0.15, 0.2) is 0 Å². The van der Waals surface area contributed by atoms with Gasteiger partial charge in [0.1, 0.15) is 12.4 Å². The van der Waals surface area contributed by atoms with E-state index in [-0.39, 0.29) is 0 Å². The molecule has 0 fully saturated rings. The van der Waals surface area contributed by atoms with E-state index in [1.807, 2.05) is 6.07 Å². The lowest BCUT2D eigenvalue weighted by molar-refractivity contribution is 0.361. The highest BCUT2D eigenvalue weighted by Gasteiger charge is 1.98. The number of hydrogen-bond acceptors (Lipinski definition) is 1. The van der Waals surface area contributed by atoms with Crippen LogP contribution in [-0.2, 0) is 12.8 Å². The molecule has 0 saturated carbocycles. The second-order valence-electron chi connectivity index (χ2n) is 5.23. The minimum absolute atomic E-state index is 0.643. The summed E-state index contributed by atoms with van der Waals surface area (Å²) in [5.41, 5.74) is 3.98. The first-order chi connectivity index (χ1) is 9.74. The van der Waals surface area contributed by atoms with E-state index in [4.69, 9.17) is 4.74 Å². The van der Waals surface area contributed by atoms with Gasteiger partial charge in [-0.1, -0.05) is 48.0 Å². The van der Waals surface area contributed by atoms with Crippen LogP contribution in [0.1, 0.15) is 25.0 Å². The molecule has 0 spiro atoms. The molecule has 0 radical (unpaired) electrons. The van der Waals surface area contributed by atoms with Crippen molar-refractivity contribution in [2.45, 2.75) is 26.7 Å². The summed E-state index contributed by atoms with van der Waals surface area (Å²) in [6, 6.07) is 19.0. The molecule has 2 aromatic carbocycles. The lowest BCUT2D eigenvalue weighted by Gasteiger charge is -2.07. The van der Waals surface area contributed by atoms with Crippen molar-refractivity contribution in [1.29, 1.82) is 0 Å². The highest BCUT2D eigenvalue weighted by molar-refractivity contribution is 5.29. The molecule has 0 unspecified atom stereocenters. The molecule has 0 aliphatic heterocycles. The van der Waals surface area contributed by atoms with E-state index in [1.165, 1.54) is 16.7 Å². The molecule has 2 aromatic rings. The van der Waals surface area contributed by atoms with E-state index >= 15 is 0 Å². The maximum absolute atomic E-state index is 5.73. The fourth-order valence-electron chi connectivity index (χ4n) is 2.03. The average molecular weight is 266 g/mol. The van der Waals surface area contributed by atoms with Gasteiger partial charge in [0, 0.05) is 0 Å². The molecule has 1 heteroatoms. The SMILES string of the molecule is CC(C)=CCOc1cccc(CCc2ccccc2)c1. The first-order valence-electron chi connectivity index (χ1n) is 7.13. The lowest BCUT2D eigenvalue weighted by atomic mass is 10.0. The van der Waals surface area contributed by atoms with Crippen LogP contribution in [0.5, 0.6) is 5.75 Å². The van der Waals surface area contributed by atoms with Gasteiger partial charge < -0.3 is 4.74 Å². The first-order valence-corrected chi connectivity index (χ1v) is 7.13. The summed E-state index contributed by atoms with van der Waals surface area (Å²) in [5.74, 6) is 0.952. The Morgan fingerprint density at radius 3 is 2.35 bits per heavy atom. The normalized spacial score (nSPS) is 10.1. The van der Waals surface area contributed by atoms with E-state index in [0.29, 0.717) is 6.61 Å². The van der Waals surface area contributed by atoms with Crippen molar-refractivity contribution in [1.82, 2.24) is 0 Å². The third-order valence-corrected chi connectivity index (χ3v) is 3.19. The van der Waals surface area contributed by atoms with Gasteiger partial charge in [-0.05, 0) is 56.0 Å². The van der Waals surface area contributed by atoms with Crippen LogP contribution < -0.4 is 4.74 Å². The van der Waals surface area contributed by atoms with Crippen LogP contribution in [0.4, 0.5) is 0 Å².